The molecule has 0 aliphatic carbocycles. The van der Waals surface area contributed by atoms with Crippen LogP contribution in [0.1, 0.15) is 24.4 Å². The zero-order valence-electron chi connectivity index (χ0n) is 11.2. The number of nitrogens with zero attached hydrogens (tertiary/aromatic N) is 4. The highest BCUT2D eigenvalue weighted by atomic mass is 15.3. The van der Waals surface area contributed by atoms with Gasteiger partial charge in [-0.15, -0.1) is 0 Å². The van der Waals surface area contributed by atoms with Crippen LogP contribution in [-0.4, -0.2) is 19.5 Å². The average Bonchev–Trinajstić information content (AvgIpc) is 2.97. The van der Waals surface area contributed by atoms with Crippen molar-refractivity contribution in [2.24, 2.45) is 5.84 Å². The zero-order chi connectivity index (χ0) is 13.9. The lowest BCUT2D eigenvalue weighted by molar-refractivity contribution is 0.563. The number of fused-ring (bicyclic) bond motifs is 1. The van der Waals surface area contributed by atoms with Gasteiger partial charge in [-0.25, -0.2) is 10.4 Å². The molecule has 6 nitrogen and oxygen atoms in total. The fraction of sp³-hybridized carbons (Fsp3) is 0.214. The fourth-order valence-corrected chi connectivity index (χ4v) is 2.40. The van der Waals surface area contributed by atoms with Gasteiger partial charge in [0.1, 0.15) is 11.9 Å². The maximum atomic E-state index is 5.76. The van der Waals surface area contributed by atoms with Gasteiger partial charge in [-0.05, 0) is 13.0 Å². The molecule has 3 N–H and O–H groups in total. The van der Waals surface area contributed by atoms with E-state index in [2.05, 4.69) is 31.9 Å². The Labute approximate surface area is 116 Å². The van der Waals surface area contributed by atoms with Gasteiger partial charge in [0, 0.05) is 36.9 Å². The van der Waals surface area contributed by atoms with E-state index in [1.165, 1.54) is 0 Å². The molecule has 0 amide bonds. The Morgan fingerprint density at radius 2 is 2.05 bits per heavy atom. The molecule has 2 aromatic heterocycles. The number of rotatable bonds is 4. The summed E-state index contributed by atoms with van der Waals surface area (Å²) in [6, 6.07) is 5.67. The molecule has 102 valence electrons. The number of hydrogen-bond acceptors (Lipinski definition) is 5. The highest BCUT2D eigenvalue weighted by molar-refractivity contribution is 5.78. The van der Waals surface area contributed by atoms with Crippen LogP contribution in [-0.2, 0) is 6.54 Å². The van der Waals surface area contributed by atoms with Crippen LogP contribution in [0.5, 0.6) is 0 Å². The topological polar surface area (TPSA) is 81.7 Å². The van der Waals surface area contributed by atoms with Crippen LogP contribution in [0.3, 0.4) is 0 Å². The van der Waals surface area contributed by atoms with Gasteiger partial charge < -0.3 is 4.57 Å². The van der Waals surface area contributed by atoms with Gasteiger partial charge >= 0.3 is 0 Å². The maximum absolute atomic E-state index is 5.76. The Bertz CT molecular complexity index is 715. The van der Waals surface area contributed by atoms with Crippen molar-refractivity contribution < 1.29 is 0 Å². The van der Waals surface area contributed by atoms with Crippen LogP contribution in [0, 0.1) is 0 Å². The molecule has 0 radical (unpaired) electrons. The van der Waals surface area contributed by atoms with Crippen LogP contribution in [0.25, 0.3) is 11.0 Å². The van der Waals surface area contributed by atoms with Gasteiger partial charge in [-0.1, -0.05) is 12.1 Å². The van der Waals surface area contributed by atoms with E-state index in [1.807, 2.05) is 24.4 Å². The largest absolute Gasteiger partial charge is 0.334 e. The third-order valence-electron chi connectivity index (χ3n) is 3.35. The Balaban J connectivity index is 2.17. The standard InChI is InChI=1S/C14H16N6/c1-2-20-9-8-18-14(20)13(19-15)10-4-3-5-11-12(10)17-7-6-16-11/h3-9,13,19H,2,15H2,1H3. The van der Waals surface area contributed by atoms with Crippen LogP contribution in [0.4, 0.5) is 0 Å². The smallest absolute Gasteiger partial charge is 0.131 e. The number of imidazole rings is 1. The minimum atomic E-state index is -0.217. The molecule has 0 saturated heterocycles. The highest BCUT2D eigenvalue weighted by Crippen LogP contribution is 2.25. The van der Waals surface area contributed by atoms with Crippen molar-refractivity contribution >= 4 is 11.0 Å². The fourth-order valence-electron chi connectivity index (χ4n) is 2.40. The summed E-state index contributed by atoms with van der Waals surface area (Å²) in [7, 11) is 0. The summed E-state index contributed by atoms with van der Waals surface area (Å²) < 4.78 is 2.06. The Morgan fingerprint density at radius 3 is 2.85 bits per heavy atom. The molecule has 1 atom stereocenters. The van der Waals surface area contributed by atoms with Crippen molar-refractivity contribution in [3.05, 3.63) is 54.4 Å². The number of aromatic nitrogens is 4. The second kappa shape index (κ2) is 5.36. The van der Waals surface area contributed by atoms with Crippen LogP contribution < -0.4 is 11.3 Å². The van der Waals surface area contributed by atoms with Crippen molar-refractivity contribution in [2.45, 2.75) is 19.5 Å². The monoisotopic (exact) mass is 268 g/mol. The van der Waals surface area contributed by atoms with Gasteiger partial charge in [0.15, 0.2) is 0 Å². The lowest BCUT2D eigenvalue weighted by atomic mass is 10.0. The summed E-state index contributed by atoms with van der Waals surface area (Å²) in [4.78, 5) is 13.2. The molecule has 3 aromatic rings. The quantitative estimate of drug-likeness (QED) is 0.552. The average molecular weight is 268 g/mol. The molecular weight excluding hydrogens is 252 g/mol. The first-order valence-corrected chi connectivity index (χ1v) is 6.52. The van der Waals surface area contributed by atoms with Crippen LogP contribution >= 0.6 is 0 Å². The van der Waals surface area contributed by atoms with E-state index >= 15 is 0 Å². The minimum Gasteiger partial charge on any atom is -0.334 e. The predicted octanol–water partition coefficient (Wildman–Crippen LogP) is 1.40. The van der Waals surface area contributed by atoms with Gasteiger partial charge in [-0.3, -0.25) is 15.8 Å². The van der Waals surface area contributed by atoms with Gasteiger partial charge in [0.2, 0.25) is 0 Å². The Kier molecular flexibility index (Phi) is 3.41. The second-order valence-corrected chi connectivity index (χ2v) is 4.44. The summed E-state index contributed by atoms with van der Waals surface area (Å²) in [5.41, 5.74) is 5.49. The molecule has 1 aromatic carbocycles. The summed E-state index contributed by atoms with van der Waals surface area (Å²) >= 11 is 0. The Hall–Kier alpha value is -2.31. The van der Waals surface area contributed by atoms with Crippen molar-refractivity contribution in [1.82, 2.24) is 24.9 Å². The molecule has 0 aliphatic rings. The SMILES string of the molecule is CCn1ccnc1C(NN)c1cccc2nccnc12. The summed E-state index contributed by atoms with van der Waals surface area (Å²) in [5.74, 6) is 6.63. The molecule has 0 spiro atoms. The van der Waals surface area contributed by atoms with Crippen LogP contribution in [0.15, 0.2) is 43.0 Å². The first-order chi connectivity index (χ1) is 9.85. The summed E-state index contributed by atoms with van der Waals surface area (Å²) in [6.45, 7) is 2.91. The molecule has 3 rings (SSSR count). The number of aryl methyl sites for hydroxylation is 1. The number of para-hydroxylation sites is 1. The van der Waals surface area contributed by atoms with Crippen molar-refractivity contribution in [3.63, 3.8) is 0 Å². The molecule has 0 aliphatic heterocycles. The molecule has 6 heteroatoms. The molecule has 0 fully saturated rings. The molecular formula is C14H16N6. The molecule has 20 heavy (non-hydrogen) atoms. The van der Waals surface area contributed by atoms with E-state index < -0.39 is 0 Å². The maximum Gasteiger partial charge on any atom is 0.131 e. The molecule has 1 unspecified atom stereocenters. The predicted molar refractivity (Wildman–Crippen MR) is 76.6 cm³/mol. The number of nitrogens with two attached hydrogens (primary N) is 1. The summed E-state index contributed by atoms with van der Waals surface area (Å²) in [6.07, 6.45) is 7.09. The first-order valence-electron chi connectivity index (χ1n) is 6.52. The zero-order valence-corrected chi connectivity index (χ0v) is 11.2. The molecule has 0 bridgehead atoms. The number of hydrogen-bond donors (Lipinski definition) is 2. The second-order valence-electron chi connectivity index (χ2n) is 4.44. The normalized spacial score (nSPS) is 12.7. The van der Waals surface area contributed by atoms with Crippen molar-refractivity contribution in [2.75, 3.05) is 0 Å². The number of hydrazine groups is 1. The van der Waals surface area contributed by atoms with E-state index in [4.69, 9.17) is 5.84 Å². The van der Waals surface area contributed by atoms with E-state index in [0.717, 1.165) is 29.0 Å². The lowest BCUT2D eigenvalue weighted by Crippen LogP contribution is -2.31. The van der Waals surface area contributed by atoms with E-state index in [9.17, 15) is 0 Å². The van der Waals surface area contributed by atoms with Crippen molar-refractivity contribution in [3.8, 4) is 0 Å². The first kappa shape index (κ1) is 12.7. The van der Waals surface area contributed by atoms with E-state index in [1.54, 1.807) is 18.6 Å². The van der Waals surface area contributed by atoms with Crippen LogP contribution in [0.2, 0.25) is 0 Å². The van der Waals surface area contributed by atoms with Gasteiger partial charge in [-0.2, -0.15) is 0 Å². The van der Waals surface area contributed by atoms with Crippen molar-refractivity contribution in [1.29, 1.82) is 0 Å². The summed E-state index contributed by atoms with van der Waals surface area (Å²) in [5, 5.41) is 0. The van der Waals surface area contributed by atoms with Gasteiger partial charge in [0.25, 0.3) is 0 Å². The highest BCUT2D eigenvalue weighted by Gasteiger charge is 2.20. The molecule has 2 heterocycles. The van der Waals surface area contributed by atoms with E-state index in [-0.39, 0.29) is 6.04 Å². The molecule has 0 saturated carbocycles. The Morgan fingerprint density at radius 1 is 1.20 bits per heavy atom. The number of nitrogens with one attached hydrogen (secondary N) is 1. The third-order valence-corrected chi connectivity index (χ3v) is 3.35. The number of benzene rings is 1. The third kappa shape index (κ3) is 2.04. The lowest BCUT2D eigenvalue weighted by Gasteiger charge is -2.18. The minimum absolute atomic E-state index is 0.217. The van der Waals surface area contributed by atoms with Gasteiger partial charge in [0.05, 0.1) is 11.0 Å². The van der Waals surface area contributed by atoms with E-state index in [0.29, 0.717) is 0 Å².